The number of nitrogens with zero attached hydrogens (tertiary/aromatic N) is 4. The molecular formula is C27H26F6N4O2. The van der Waals surface area contributed by atoms with Crippen LogP contribution in [-0.2, 0) is 18.8 Å². The van der Waals surface area contributed by atoms with Crippen molar-refractivity contribution >= 4 is 11.7 Å². The SMILES string of the molecule is COc1ccc(Cc2c(C)nc(C)nc2N2CCN(C(=O)c3cc(C(F)(F)F)cc(C(F)(F)F)c3)CC2)cc1. The lowest BCUT2D eigenvalue weighted by Crippen LogP contribution is -2.49. The molecule has 208 valence electrons. The van der Waals surface area contributed by atoms with E-state index < -0.39 is 35.0 Å². The Morgan fingerprint density at radius 1 is 0.872 bits per heavy atom. The van der Waals surface area contributed by atoms with Crippen molar-refractivity contribution in [2.75, 3.05) is 38.2 Å². The molecule has 2 heterocycles. The van der Waals surface area contributed by atoms with Crippen molar-refractivity contribution in [2.45, 2.75) is 32.6 Å². The lowest BCUT2D eigenvalue weighted by atomic mass is 10.0. The van der Waals surface area contributed by atoms with Gasteiger partial charge in [-0.15, -0.1) is 0 Å². The quantitative estimate of drug-likeness (QED) is 0.381. The van der Waals surface area contributed by atoms with Crippen molar-refractivity contribution in [3.8, 4) is 5.75 Å². The van der Waals surface area contributed by atoms with Crippen molar-refractivity contribution in [1.82, 2.24) is 14.9 Å². The Morgan fingerprint density at radius 3 is 1.95 bits per heavy atom. The average Bonchev–Trinajstić information content (AvgIpc) is 2.89. The highest BCUT2D eigenvalue weighted by atomic mass is 19.4. The Bertz CT molecular complexity index is 1320. The summed E-state index contributed by atoms with van der Waals surface area (Å²) in [4.78, 5) is 25.3. The van der Waals surface area contributed by atoms with E-state index in [1.165, 1.54) is 4.90 Å². The van der Waals surface area contributed by atoms with E-state index in [4.69, 9.17) is 4.74 Å². The number of methoxy groups -OCH3 is 1. The first-order valence-corrected chi connectivity index (χ1v) is 12.1. The minimum absolute atomic E-state index is 0.0127. The van der Waals surface area contributed by atoms with Crippen LogP contribution in [0, 0.1) is 13.8 Å². The number of aryl methyl sites for hydroxylation is 2. The lowest BCUT2D eigenvalue weighted by Gasteiger charge is -2.36. The van der Waals surface area contributed by atoms with Gasteiger partial charge in [0.2, 0.25) is 0 Å². The average molecular weight is 553 g/mol. The predicted octanol–water partition coefficient (Wildman–Crippen LogP) is 5.69. The molecule has 0 saturated carbocycles. The molecule has 1 amide bonds. The van der Waals surface area contributed by atoms with Crippen LogP contribution in [0.1, 0.15) is 44.1 Å². The number of hydrogen-bond donors (Lipinski definition) is 0. The summed E-state index contributed by atoms with van der Waals surface area (Å²) >= 11 is 0. The summed E-state index contributed by atoms with van der Waals surface area (Å²) in [6.07, 6.45) is -9.52. The van der Waals surface area contributed by atoms with Gasteiger partial charge in [0.25, 0.3) is 5.91 Å². The molecule has 0 bridgehead atoms. The van der Waals surface area contributed by atoms with Crippen molar-refractivity contribution in [1.29, 1.82) is 0 Å². The third kappa shape index (κ3) is 6.43. The molecule has 0 spiro atoms. The second kappa shape index (κ2) is 10.7. The summed E-state index contributed by atoms with van der Waals surface area (Å²) < 4.78 is 84.8. The Morgan fingerprint density at radius 2 is 1.44 bits per heavy atom. The Balaban J connectivity index is 1.55. The second-order valence-electron chi connectivity index (χ2n) is 9.26. The van der Waals surface area contributed by atoms with Crippen LogP contribution in [-0.4, -0.2) is 54.1 Å². The van der Waals surface area contributed by atoms with Crippen LogP contribution in [0.25, 0.3) is 0 Å². The van der Waals surface area contributed by atoms with Crippen LogP contribution >= 0.6 is 0 Å². The molecule has 1 fully saturated rings. The largest absolute Gasteiger partial charge is 0.497 e. The zero-order valence-electron chi connectivity index (χ0n) is 21.5. The van der Waals surface area contributed by atoms with Gasteiger partial charge in [-0.2, -0.15) is 26.3 Å². The molecule has 4 rings (SSSR count). The maximum atomic E-state index is 13.3. The van der Waals surface area contributed by atoms with Gasteiger partial charge < -0.3 is 14.5 Å². The summed E-state index contributed by atoms with van der Waals surface area (Å²) in [5, 5.41) is 0. The van der Waals surface area contributed by atoms with Crippen molar-refractivity contribution in [3.63, 3.8) is 0 Å². The molecule has 1 saturated heterocycles. The fourth-order valence-electron chi connectivity index (χ4n) is 4.52. The molecule has 12 heteroatoms. The molecule has 0 aliphatic carbocycles. The Kier molecular flexibility index (Phi) is 7.76. The van der Waals surface area contributed by atoms with Crippen LogP contribution in [0.3, 0.4) is 0 Å². The molecule has 1 aromatic heterocycles. The Labute approximate surface area is 221 Å². The molecule has 1 aliphatic heterocycles. The minimum Gasteiger partial charge on any atom is -0.497 e. The smallest absolute Gasteiger partial charge is 0.416 e. The summed E-state index contributed by atoms with van der Waals surface area (Å²) in [5.74, 6) is 1.07. The van der Waals surface area contributed by atoms with E-state index in [-0.39, 0.29) is 19.2 Å². The first kappa shape index (κ1) is 28.2. The molecule has 6 nitrogen and oxygen atoms in total. The van der Waals surface area contributed by atoms with Crippen LogP contribution in [0.15, 0.2) is 42.5 Å². The number of alkyl halides is 6. The number of carbonyl (C=O) groups excluding carboxylic acids is 1. The molecular weight excluding hydrogens is 526 g/mol. The van der Waals surface area contributed by atoms with Gasteiger partial charge in [-0.1, -0.05) is 12.1 Å². The first-order valence-electron chi connectivity index (χ1n) is 12.1. The number of halogens is 6. The van der Waals surface area contributed by atoms with E-state index in [0.29, 0.717) is 43.3 Å². The van der Waals surface area contributed by atoms with Crippen LogP contribution in [0.4, 0.5) is 32.2 Å². The molecule has 0 radical (unpaired) electrons. The number of piperazine rings is 1. The molecule has 0 N–H and O–H groups in total. The summed E-state index contributed by atoms with van der Waals surface area (Å²) in [6, 6.07) is 8.51. The van der Waals surface area contributed by atoms with Gasteiger partial charge in [0.1, 0.15) is 17.4 Å². The van der Waals surface area contributed by atoms with Gasteiger partial charge in [-0.05, 0) is 49.7 Å². The number of anilines is 1. The van der Waals surface area contributed by atoms with Gasteiger partial charge in [0.15, 0.2) is 0 Å². The summed E-state index contributed by atoms with van der Waals surface area (Å²) in [5.41, 5.74) is -1.01. The molecule has 0 atom stereocenters. The van der Waals surface area contributed by atoms with E-state index in [0.717, 1.165) is 22.6 Å². The van der Waals surface area contributed by atoms with E-state index in [1.54, 1.807) is 14.0 Å². The van der Waals surface area contributed by atoms with E-state index in [9.17, 15) is 31.1 Å². The first-order chi connectivity index (χ1) is 18.3. The van der Waals surface area contributed by atoms with E-state index in [1.807, 2.05) is 36.1 Å². The number of aromatic nitrogens is 2. The number of rotatable bonds is 5. The molecule has 1 aliphatic rings. The monoisotopic (exact) mass is 552 g/mol. The van der Waals surface area contributed by atoms with Gasteiger partial charge in [0.05, 0.1) is 18.2 Å². The topological polar surface area (TPSA) is 58.6 Å². The number of benzene rings is 2. The third-order valence-electron chi connectivity index (χ3n) is 6.54. The van der Waals surface area contributed by atoms with Gasteiger partial charge in [-0.25, -0.2) is 9.97 Å². The van der Waals surface area contributed by atoms with Crippen LogP contribution in [0.5, 0.6) is 5.75 Å². The van der Waals surface area contributed by atoms with Crippen LogP contribution < -0.4 is 9.64 Å². The number of amides is 1. The van der Waals surface area contributed by atoms with Gasteiger partial charge in [-0.3, -0.25) is 4.79 Å². The van der Waals surface area contributed by atoms with Crippen molar-refractivity contribution in [3.05, 3.63) is 81.8 Å². The standard InChI is InChI=1S/C27H26F6N4O2/c1-16-23(12-18-4-6-22(39-3)7-5-18)24(35-17(2)34-16)36-8-10-37(11-9-36)25(38)19-13-20(26(28,29)30)15-21(14-19)27(31,32)33/h4-7,13-15H,8-12H2,1-3H3. The van der Waals surface area contributed by atoms with Gasteiger partial charge in [0, 0.05) is 49.4 Å². The normalized spacial score (nSPS) is 14.5. The zero-order valence-corrected chi connectivity index (χ0v) is 21.5. The van der Waals surface area contributed by atoms with Gasteiger partial charge >= 0.3 is 12.4 Å². The maximum absolute atomic E-state index is 13.3. The highest BCUT2D eigenvalue weighted by Crippen LogP contribution is 2.36. The molecule has 2 aromatic carbocycles. The number of ether oxygens (including phenoxy) is 1. The van der Waals surface area contributed by atoms with Crippen molar-refractivity contribution in [2.24, 2.45) is 0 Å². The highest BCUT2D eigenvalue weighted by molar-refractivity contribution is 5.95. The highest BCUT2D eigenvalue weighted by Gasteiger charge is 2.38. The summed E-state index contributed by atoms with van der Waals surface area (Å²) in [6.45, 7) is 4.42. The molecule has 0 unspecified atom stereocenters. The number of hydrogen-bond acceptors (Lipinski definition) is 5. The second-order valence-corrected chi connectivity index (χ2v) is 9.26. The maximum Gasteiger partial charge on any atom is 0.416 e. The van der Waals surface area contributed by atoms with Crippen LogP contribution in [0.2, 0.25) is 0 Å². The summed E-state index contributed by atoms with van der Waals surface area (Å²) in [7, 11) is 1.58. The Hall–Kier alpha value is -3.83. The van der Waals surface area contributed by atoms with Crippen molar-refractivity contribution < 1.29 is 35.9 Å². The fraction of sp³-hybridized carbons (Fsp3) is 0.370. The third-order valence-corrected chi connectivity index (χ3v) is 6.54. The zero-order chi connectivity index (χ0) is 28.5. The lowest BCUT2D eigenvalue weighted by molar-refractivity contribution is -0.143. The van der Waals surface area contributed by atoms with E-state index >= 15 is 0 Å². The fourth-order valence-corrected chi connectivity index (χ4v) is 4.52. The predicted molar refractivity (Wildman–Crippen MR) is 132 cm³/mol. The molecule has 3 aromatic rings. The molecule has 39 heavy (non-hydrogen) atoms. The van der Waals surface area contributed by atoms with E-state index in [2.05, 4.69) is 9.97 Å². The number of carbonyl (C=O) groups is 1. The minimum atomic E-state index is -5.03.